The van der Waals surface area contributed by atoms with E-state index in [2.05, 4.69) is 73.0 Å². The van der Waals surface area contributed by atoms with Crippen molar-refractivity contribution in [2.45, 2.75) is 32.5 Å². The van der Waals surface area contributed by atoms with Crippen LogP contribution in [-0.2, 0) is 6.54 Å². The molecule has 0 aliphatic carbocycles. The summed E-state index contributed by atoms with van der Waals surface area (Å²) < 4.78 is 13.1. The molecule has 1 aliphatic rings. The first-order chi connectivity index (χ1) is 13.6. The third-order valence-electron chi connectivity index (χ3n) is 5.28. The van der Waals surface area contributed by atoms with Crippen molar-refractivity contribution in [1.29, 1.82) is 0 Å². The van der Waals surface area contributed by atoms with Gasteiger partial charge >= 0.3 is 0 Å². The first-order valence-electron chi connectivity index (χ1n) is 9.55. The van der Waals surface area contributed by atoms with Gasteiger partial charge in [0.2, 0.25) is 0 Å². The molecule has 0 aromatic heterocycles. The van der Waals surface area contributed by atoms with Crippen LogP contribution in [0.15, 0.2) is 77.8 Å². The van der Waals surface area contributed by atoms with Crippen LogP contribution in [0.2, 0.25) is 0 Å². The highest BCUT2D eigenvalue weighted by Crippen LogP contribution is 2.38. The fourth-order valence-corrected chi connectivity index (χ4v) is 3.71. The van der Waals surface area contributed by atoms with Gasteiger partial charge in [0.1, 0.15) is 11.9 Å². The molecule has 3 nitrogen and oxygen atoms in total. The van der Waals surface area contributed by atoms with E-state index in [1.54, 1.807) is 12.1 Å². The van der Waals surface area contributed by atoms with Crippen molar-refractivity contribution in [1.82, 2.24) is 10.6 Å². The van der Waals surface area contributed by atoms with Crippen LogP contribution in [-0.4, -0.2) is 5.96 Å². The number of guanidine groups is 1. The number of hydrogen-bond donors (Lipinski definition) is 2. The molecule has 3 aromatic rings. The third kappa shape index (κ3) is 3.77. The zero-order valence-corrected chi connectivity index (χ0v) is 16.1. The Kier molecular flexibility index (Phi) is 5.11. The van der Waals surface area contributed by atoms with Crippen molar-refractivity contribution in [3.05, 3.63) is 106 Å². The molecule has 0 saturated carbocycles. The lowest BCUT2D eigenvalue weighted by Crippen LogP contribution is -2.35. The monoisotopic (exact) mass is 373 g/mol. The molecule has 2 atom stereocenters. The molecule has 3 aromatic carbocycles. The van der Waals surface area contributed by atoms with E-state index in [1.807, 2.05) is 0 Å². The van der Waals surface area contributed by atoms with E-state index < -0.39 is 0 Å². The maximum absolute atomic E-state index is 13.1. The average molecular weight is 373 g/mol. The lowest BCUT2D eigenvalue weighted by molar-refractivity contribution is 0.565. The van der Waals surface area contributed by atoms with Gasteiger partial charge in [0.05, 0.1) is 6.04 Å². The minimum absolute atomic E-state index is 0.00184. The fraction of sp³-hybridized carbons (Fsp3) is 0.208. The first kappa shape index (κ1) is 18.2. The highest BCUT2D eigenvalue weighted by molar-refractivity contribution is 5.83. The summed E-state index contributed by atoms with van der Waals surface area (Å²) in [6.07, 6.45) is 0. The van der Waals surface area contributed by atoms with Gasteiger partial charge in [-0.25, -0.2) is 9.38 Å². The molecule has 4 heteroatoms. The number of hydrogen-bond acceptors (Lipinski definition) is 3. The molecule has 0 bridgehead atoms. The van der Waals surface area contributed by atoms with E-state index >= 15 is 0 Å². The Bertz CT molecular complexity index is 995. The lowest BCUT2D eigenvalue weighted by atomic mass is 9.90. The summed E-state index contributed by atoms with van der Waals surface area (Å²) in [5.41, 5.74) is 5.96. The summed E-state index contributed by atoms with van der Waals surface area (Å²) in [5, 5.41) is 6.94. The van der Waals surface area contributed by atoms with Crippen LogP contribution in [0.4, 0.5) is 4.39 Å². The molecule has 0 spiro atoms. The van der Waals surface area contributed by atoms with Crippen molar-refractivity contribution < 1.29 is 4.39 Å². The van der Waals surface area contributed by atoms with Crippen LogP contribution in [0, 0.1) is 19.7 Å². The molecule has 142 valence electrons. The Morgan fingerprint density at radius 3 is 2.11 bits per heavy atom. The molecule has 0 fully saturated rings. The summed E-state index contributed by atoms with van der Waals surface area (Å²) >= 11 is 0. The van der Waals surface area contributed by atoms with E-state index in [1.165, 1.54) is 34.4 Å². The van der Waals surface area contributed by atoms with Crippen molar-refractivity contribution in [3.63, 3.8) is 0 Å². The molecule has 0 amide bonds. The number of aryl methyl sites for hydroxylation is 2. The molecule has 1 heterocycles. The van der Waals surface area contributed by atoms with Gasteiger partial charge in [-0.2, -0.15) is 0 Å². The van der Waals surface area contributed by atoms with E-state index in [0.29, 0.717) is 6.54 Å². The Morgan fingerprint density at radius 1 is 0.857 bits per heavy atom. The van der Waals surface area contributed by atoms with Gasteiger partial charge in [-0.05, 0) is 53.8 Å². The topological polar surface area (TPSA) is 36.4 Å². The number of benzene rings is 3. The molecule has 1 aliphatic heterocycles. The molecule has 4 rings (SSSR count). The summed E-state index contributed by atoms with van der Waals surface area (Å²) in [6, 6.07) is 23.4. The van der Waals surface area contributed by atoms with Crippen LogP contribution < -0.4 is 10.6 Å². The van der Waals surface area contributed by atoms with Crippen molar-refractivity contribution >= 4 is 5.96 Å². The summed E-state index contributed by atoms with van der Waals surface area (Å²) in [6.45, 7) is 4.85. The molecule has 28 heavy (non-hydrogen) atoms. The molecular formula is C24H24FN3. The molecular weight excluding hydrogens is 349 g/mol. The Morgan fingerprint density at radius 2 is 1.46 bits per heavy atom. The zero-order valence-electron chi connectivity index (χ0n) is 16.1. The highest BCUT2D eigenvalue weighted by Gasteiger charge is 2.32. The average Bonchev–Trinajstić information content (AvgIpc) is 3.12. The van der Waals surface area contributed by atoms with E-state index in [-0.39, 0.29) is 17.9 Å². The minimum atomic E-state index is -0.223. The van der Waals surface area contributed by atoms with Crippen LogP contribution >= 0.6 is 0 Å². The Hall–Kier alpha value is -3.14. The van der Waals surface area contributed by atoms with Gasteiger partial charge in [0.25, 0.3) is 0 Å². The maximum atomic E-state index is 13.1. The number of nitrogens with zero attached hydrogens (tertiary/aromatic N) is 1. The lowest BCUT2D eigenvalue weighted by Gasteiger charge is -2.22. The molecule has 0 radical (unpaired) electrons. The number of aliphatic imine (C=N–C) groups is 1. The quantitative estimate of drug-likeness (QED) is 0.677. The Labute approximate surface area is 165 Å². The Balaban J connectivity index is 1.61. The smallest absolute Gasteiger partial charge is 0.192 e. The highest BCUT2D eigenvalue weighted by atomic mass is 19.1. The summed E-state index contributed by atoms with van der Waals surface area (Å²) in [4.78, 5) is 4.97. The minimum Gasteiger partial charge on any atom is -0.352 e. The van der Waals surface area contributed by atoms with Crippen LogP contribution in [0.3, 0.4) is 0 Å². The first-order valence-corrected chi connectivity index (χ1v) is 9.55. The van der Waals surface area contributed by atoms with Gasteiger partial charge < -0.3 is 10.6 Å². The van der Waals surface area contributed by atoms with Crippen LogP contribution in [0.5, 0.6) is 0 Å². The molecule has 2 unspecified atom stereocenters. The zero-order chi connectivity index (χ0) is 19.5. The summed E-state index contributed by atoms with van der Waals surface area (Å²) in [7, 11) is 0. The predicted octanol–water partition coefficient (Wildman–Crippen LogP) is 4.97. The third-order valence-corrected chi connectivity index (χ3v) is 5.28. The molecule has 2 N–H and O–H groups in total. The van der Waals surface area contributed by atoms with E-state index in [0.717, 1.165) is 11.5 Å². The van der Waals surface area contributed by atoms with Crippen molar-refractivity contribution in [2.75, 3.05) is 0 Å². The molecule has 0 saturated heterocycles. The normalized spacial score (nSPS) is 18.5. The number of nitrogens with one attached hydrogen (secondary N) is 2. The van der Waals surface area contributed by atoms with Gasteiger partial charge in [-0.3, -0.25) is 0 Å². The van der Waals surface area contributed by atoms with Gasteiger partial charge in [0, 0.05) is 6.54 Å². The summed E-state index contributed by atoms with van der Waals surface area (Å²) in [5.74, 6) is 0.546. The fourth-order valence-electron chi connectivity index (χ4n) is 3.71. The van der Waals surface area contributed by atoms with Gasteiger partial charge in [0.15, 0.2) is 5.96 Å². The largest absolute Gasteiger partial charge is 0.352 e. The number of rotatable bonds is 4. The number of halogens is 1. The van der Waals surface area contributed by atoms with Crippen molar-refractivity contribution in [3.8, 4) is 0 Å². The van der Waals surface area contributed by atoms with Gasteiger partial charge in [-0.15, -0.1) is 0 Å². The van der Waals surface area contributed by atoms with Crippen molar-refractivity contribution in [2.24, 2.45) is 4.99 Å². The standard InChI is InChI=1S/C24H24FN3/c1-16-7-3-5-9-20(16)22-23(21-10-6-4-8-17(21)2)28-24(27-22)26-15-18-11-13-19(25)14-12-18/h3-14,22-23H,15H2,1-2H3,(H2,26,27,28). The SMILES string of the molecule is Cc1ccccc1C1N=C(NCc2ccc(F)cc2)NC1c1ccccc1C. The second-order valence-electron chi connectivity index (χ2n) is 7.24. The van der Waals surface area contributed by atoms with E-state index in [4.69, 9.17) is 4.99 Å². The second kappa shape index (κ2) is 7.85. The van der Waals surface area contributed by atoms with E-state index in [9.17, 15) is 4.39 Å². The van der Waals surface area contributed by atoms with Crippen LogP contribution in [0.25, 0.3) is 0 Å². The second-order valence-corrected chi connectivity index (χ2v) is 7.24. The van der Waals surface area contributed by atoms with Crippen LogP contribution in [0.1, 0.15) is 39.9 Å². The predicted molar refractivity (Wildman–Crippen MR) is 112 cm³/mol. The maximum Gasteiger partial charge on any atom is 0.192 e. The van der Waals surface area contributed by atoms with Gasteiger partial charge in [-0.1, -0.05) is 60.7 Å².